The fraction of sp³-hybridized carbons (Fsp3) is 0.500. The molecule has 0 amide bonds. The van der Waals surface area contributed by atoms with E-state index in [1.807, 2.05) is 12.1 Å². The molecule has 0 aliphatic carbocycles. The topological polar surface area (TPSA) is 60.2 Å². The molecule has 0 aromatic carbocycles. The summed E-state index contributed by atoms with van der Waals surface area (Å²) in [6.45, 7) is 3.66. The Balaban J connectivity index is 2.14. The summed E-state index contributed by atoms with van der Waals surface area (Å²) in [5, 5.41) is 3.37. The van der Waals surface area contributed by atoms with Crippen molar-refractivity contribution in [3.05, 3.63) is 18.3 Å². The summed E-state index contributed by atoms with van der Waals surface area (Å²) in [4.78, 5) is 4.03. The molecule has 1 aromatic rings. The summed E-state index contributed by atoms with van der Waals surface area (Å²) in [5.74, 6) is 0.542. The van der Waals surface area contributed by atoms with E-state index in [2.05, 4.69) is 17.2 Å². The van der Waals surface area contributed by atoms with Gasteiger partial charge in [0.2, 0.25) is 0 Å². The van der Waals surface area contributed by atoms with Crippen LogP contribution in [-0.4, -0.2) is 23.7 Å². The van der Waals surface area contributed by atoms with E-state index in [0.29, 0.717) is 5.82 Å². The molecule has 1 atom stereocenters. The lowest BCUT2D eigenvalue weighted by Gasteiger charge is -2.25. The molecule has 0 bridgehead atoms. The molecule has 1 aromatic heterocycles. The minimum Gasteiger partial charge on any atom is -0.382 e. The molecular formula is C10H15N3O. The molecular weight excluding hydrogens is 178 g/mol. The summed E-state index contributed by atoms with van der Waals surface area (Å²) in [5.41, 5.74) is 6.63. The molecule has 0 spiro atoms. The second-order valence-electron chi connectivity index (χ2n) is 3.92. The molecule has 0 saturated carbocycles. The molecule has 1 saturated heterocycles. The van der Waals surface area contributed by atoms with Gasteiger partial charge in [-0.2, -0.15) is 0 Å². The highest BCUT2D eigenvalue weighted by Crippen LogP contribution is 2.25. The second kappa shape index (κ2) is 3.46. The van der Waals surface area contributed by atoms with Gasteiger partial charge in [0, 0.05) is 12.8 Å². The SMILES string of the molecule is CC1(Nc2cccnc2N)CCOC1. The Kier molecular flexibility index (Phi) is 2.29. The van der Waals surface area contributed by atoms with Crippen LogP contribution < -0.4 is 11.1 Å². The van der Waals surface area contributed by atoms with Gasteiger partial charge in [-0.15, -0.1) is 0 Å². The van der Waals surface area contributed by atoms with E-state index in [1.165, 1.54) is 0 Å². The predicted octanol–water partition coefficient (Wildman–Crippen LogP) is 1.25. The van der Waals surface area contributed by atoms with Crippen LogP contribution in [0.5, 0.6) is 0 Å². The highest BCUT2D eigenvalue weighted by molar-refractivity contribution is 5.62. The van der Waals surface area contributed by atoms with Crippen molar-refractivity contribution in [3.8, 4) is 0 Å². The summed E-state index contributed by atoms with van der Waals surface area (Å²) < 4.78 is 5.35. The monoisotopic (exact) mass is 193 g/mol. The summed E-state index contributed by atoms with van der Waals surface area (Å²) >= 11 is 0. The summed E-state index contributed by atoms with van der Waals surface area (Å²) in [6, 6.07) is 3.81. The Morgan fingerprint density at radius 1 is 1.64 bits per heavy atom. The van der Waals surface area contributed by atoms with Crippen LogP contribution in [0.4, 0.5) is 11.5 Å². The van der Waals surface area contributed by atoms with Crippen LogP contribution in [0.3, 0.4) is 0 Å². The van der Waals surface area contributed by atoms with E-state index in [4.69, 9.17) is 10.5 Å². The van der Waals surface area contributed by atoms with Crippen molar-refractivity contribution in [1.29, 1.82) is 0 Å². The molecule has 4 heteroatoms. The lowest BCUT2D eigenvalue weighted by atomic mass is 10.0. The van der Waals surface area contributed by atoms with Gasteiger partial charge in [-0.05, 0) is 25.5 Å². The van der Waals surface area contributed by atoms with E-state index in [9.17, 15) is 0 Å². The second-order valence-corrected chi connectivity index (χ2v) is 3.92. The number of nitrogen functional groups attached to an aromatic ring is 1. The Bertz CT molecular complexity index is 321. The van der Waals surface area contributed by atoms with Crippen LogP contribution in [-0.2, 0) is 4.74 Å². The first-order chi connectivity index (χ1) is 6.70. The van der Waals surface area contributed by atoms with Gasteiger partial charge in [-0.1, -0.05) is 0 Å². The molecule has 4 nitrogen and oxygen atoms in total. The zero-order chi connectivity index (χ0) is 10.0. The van der Waals surface area contributed by atoms with Gasteiger partial charge in [-0.25, -0.2) is 4.98 Å². The predicted molar refractivity (Wildman–Crippen MR) is 56.1 cm³/mol. The summed E-state index contributed by atoms with van der Waals surface area (Å²) in [7, 11) is 0. The first-order valence-corrected chi connectivity index (χ1v) is 4.76. The number of nitrogens with one attached hydrogen (secondary N) is 1. The van der Waals surface area contributed by atoms with Gasteiger partial charge in [0.25, 0.3) is 0 Å². The Morgan fingerprint density at radius 2 is 2.50 bits per heavy atom. The van der Waals surface area contributed by atoms with E-state index in [-0.39, 0.29) is 5.54 Å². The van der Waals surface area contributed by atoms with Crippen LogP contribution in [0, 0.1) is 0 Å². The zero-order valence-electron chi connectivity index (χ0n) is 8.29. The van der Waals surface area contributed by atoms with E-state index in [0.717, 1.165) is 25.3 Å². The number of ether oxygens (including phenoxy) is 1. The van der Waals surface area contributed by atoms with Crippen molar-refractivity contribution in [1.82, 2.24) is 4.98 Å². The van der Waals surface area contributed by atoms with Crippen molar-refractivity contribution in [2.24, 2.45) is 0 Å². The van der Waals surface area contributed by atoms with Gasteiger partial charge < -0.3 is 15.8 Å². The standard InChI is InChI=1S/C10H15N3O/c1-10(4-6-14-7-10)13-8-3-2-5-12-9(8)11/h2-3,5,13H,4,6-7H2,1H3,(H2,11,12). The van der Waals surface area contributed by atoms with Crippen LogP contribution in [0.2, 0.25) is 0 Å². The first-order valence-electron chi connectivity index (χ1n) is 4.76. The number of hydrogen-bond donors (Lipinski definition) is 2. The minimum absolute atomic E-state index is 0.00282. The number of pyridine rings is 1. The molecule has 1 aliphatic rings. The Labute approximate surface area is 83.5 Å². The fourth-order valence-corrected chi connectivity index (χ4v) is 1.61. The van der Waals surface area contributed by atoms with Crippen LogP contribution >= 0.6 is 0 Å². The van der Waals surface area contributed by atoms with Gasteiger partial charge in [-0.3, -0.25) is 0 Å². The lowest BCUT2D eigenvalue weighted by molar-refractivity contribution is 0.185. The molecule has 76 valence electrons. The fourth-order valence-electron chi connectivity index (χ4n) is 1.61. The van der Waals surface area contributed by atoms with Crippen molar-refractivity contribution in [2.45, 2.75) is 18.9 Å². The Hall–Kier alpha value is -1.29. The molecule has 2 rings (SSSR count). The average molecular weight is 193 g/mol. The van der Waals surface area contributed by atoms with Gasteiger partial charge in [0.05, 0.1) is 17.8 Å². The third kappa shape index (κ3) is 1.80. The lowest BCUT2D eigenvalue weighted by Crippen LogP contribution is -2.35. The van der Waals surface area contributed by atoms with Crippen LogP contribution in [0.1, 0.15) is 13.3 Å². The van der Waals surface area contributed by atoms with E-state index < -0.39 is 0 Å². The third-order valence-corrected chi connectivity index (χ3v) is 2.49. The summed E-state index contributed by atoms with van der Waals surface area (Å²) in [6.07, 6.45) is 2.69. The molecule has 0 radical (unpaired) electrons. The van der Waals surface area contributed by atoms with Crippen molar-refractivity contribution in [2.75, 3.05) is 24.3 Å². The Morgan fingerprint density at radius 3 is 3.14 bits per heavy atom. The molecule has 3 N–H and O–H groups in total. The number of rotatable bonds is 2. The minimum atomic E-state index is -0.00282. The highest BCUT2D eigenvalue weighted by atomic mass is 16.5. The molecule has 14 heavy (non-hydrogen) atoms. The van der Waals surface area contributed by atoms with E-state index in [1.54, 1.807) is 6.20 Å². The third-order valence-electron chi connectivity index (χ3n) is 2.49. The maximum Gasteiger partial charge on any atom is 0.146 e. The number of hydrogen-bond acceptors (Lipinski definition) is 4. The van der Waals surface area contributed by atoms with Crippen molar-refractivity contribution < 1.29 is 4.74 Å². The quantitative estimate of drug-likeness (QED) is 0.742. The molecule has 1 fully saturated rings. The smallest absolute Gasteiger partial charge is 0.146 e. The number of aromatic nitrogens is 1. The number of anilines is 2. The normalized spacial score (nSPS) is 26.4. The molecule has 1 aliphatic heterocycles. The first kappa shape index (κ1) is 9.27. The molecule has 1 unspecified atom stereocenters. The highest BCUT2D eigenvalue weighted by Gasteiger charge is 2.29. The average Bonchev–Trinajstić information content (AvgIpc) is 2.57. The maximum absolute atomic E-state index is 5.74. The van der Waals surface area contributed by atoms with Crippen LogP contribution in [0.15, 0.2) is 18.3 Å². The van der Waals surface area contributed by atoms with Crippen molar-refractivity contribution >= 4 is 11.5 Å². The van der Waals surface area contributed by atoms with E-state index >= 15 is 0 Å². The van der Waals surface area contributed by atoms with Gasteiger partial charge >= 0.3 is 0 Å². The number of nitrogens with two attached hydrogens (primary N) is 1. The molecule has 2 heterocycles. The number of nitrogens with zero attached hydrogens (tertiary/aromatic N) is 1. The van der Waals surface area contributed by atoms with Crippen LogP contribution in [0.25, 0.3) is 0 Å². The zero-order valence-corrected chi connectivity index (χ0v) is 8.29. The maximum atomic E-state index is 5.74. The largest absolute Gasteiger partial charge is 0.382 e. The van der Waals surface area contributed by atoms with Crippen molar-refractivity contribution in [3.63, 3.8) is 0 Å². The van der Waals surface area contributed by atoms with Gasteiger partial charge in [0.1, 0.15) is 5.82 Å². The van der Waals surface area contributed by atoms with Gasteiger partial charge in [0.15, 0.2) is 0 Å².